The smallest absolute Gasteiger partial charge is 0.386 e. The van der Waals surface area contributed by atoms with Crippen molar-refractivity contribution in [3.8, 4) is 0 Å². The Hall–Kier alpha value is -3.27. The van der Waals surface area contributed by atoms with Gasteiger partial charge in [0.05, 0.1) is 16.9 Å². The van der Waals surface area contributed by atoms with Crippen molar-refractivity contribution in [2.45, 2.75) is 35.3 Å². The fraction of sp³-hybridized carbons (Fsp3) is 0.261. The Bertz CT molecular complexity index is 1260. The number of anilines is 2. The molecule has 170 valence electrons. The summed E-state index contributed by atoms with van der Waals surface area (Å²) in [4.78, 5) is 33.7. The summed E-state index contributed by atoms with van der Waals surface area (Å²) < 4.78 is 37.9. The zero-order valence-corrected chi connectivity index (χ0v) is 18.3. The minimum Gasteiger partial charge on any atom is -0.386 e. The third-order valence-electron chi connectivity index (χ3n) is 6.05. The molecule has 1 N–H and O–H groups in total. The minimum atomic E-state index is -4.41. The van der Waals surface area contributed by atoms with Gasteiger partial charge in [-0.3, -0.25) is 9.78 Å². The van der Waals surface area contributed by atoms with Crippen LogP contribution in [0.5, 0.6) is 0 Å². The van der Waals surface area contributed by atoms with Crippen LogP contribution in [0.2, 0.25) is 0 Å². The number of nitrogens with one attached hydrogen (secondary N) is 1. The fourth-order valence-electron chi connectivity index (χ4n) is 4.30. The number of urea groups is 1. The van der Waals surface area contributed by atoms with E-state index in [4.69, 9.17) is 0 Å². The molecule has 33 heavy (non-hydrogen) atoms. The number of carbonyl (C=O) groups excluding carboxylic acids is 2. The summed E-state index contributed by atoms with van der Waals surface area (Å²) >= 11 is -0.238. The van der Waals surface area contributed by atoms with E-state index in [0.29, 0.717) is 12.8 Å². The lowest BCUT2D eigenvalue weighted by atomic mass is 10.1. The number of hydrogen-bond acceptors (Lipinski definition) is 5. The third-order valence-corrected chi connectivity index (χ3v) is 6.79. The van der Waals surface area contributed by atoms with Gasteiger partial charge in [0, 0.05) is 30.1 Å². The van der Waals surface area contributed by atoms with Crippen molar-refractivity contribution in [2.24, 2.45) is 0 Å². The van der Waals surface area contributed by atoms with Crippen LogP contribution in [-0.2, 0) is 11.3 Å². The van der Waals surface area contributed by atoms with Gasteiger partial charge in [0.1, 0.15) is 5.54 Å². The van der Waals surface area contributed by atoms with Crippen molar-refractivity contribution < 1.29 is 22.8 Å². The summed E-state index contributed by atoms with van der Waals surface area (Å²) in [5, 5.41) is 3.99. The van der Waals surface area contributed by atoms with Crippen molar-refractivity contribution in [3.63, 3.8) is 0 Å². The zero-order valence-electron chi connectivity index (χ0n) is 17.5. The Morgan fingerprint density at radius 2 is 1.82 bits per heavy atom. The van der Waals surface area contributed by atoms with Crippen LogP contribution < -0.4 is 10.2 Å². The normalized spacial score (nSPS) is 17.3. The van der Waals surface area contributed by atoms with Gasteiger partial charge in [-0.2, -0.15) is 13.2 Å². The van der Waals surface area contributed by atoms with Gasteiger partial charge in [0.25, 0.3) is 5.91 Å². The largest absolute Gasteiger partial charge is 0.446 e. The highest BCUT2D eigenvalue weighted by Gasteiger charge is 2.65. The number of para-hydroxylation sites is 1. The number of amides is 3. The molecule has 10 heteroatoms. The van der Waals surface area contributed by atoms with Crippen molar-refractivity contribution in [2.75, 3.05) is 17.3 Å². The Kier molecular flexibility index (Phi) is 5.00. The third kappa shape index (κ3) is 3.68. The van der Waals surface area contributed by atoms with E-state index in [0.717, 1.165) is 27.1 Å². The molecule has 1 aromatic heterocycles. The number of fused-ring (bicyclic) bond motifs is 1. The molecule has 1 spiro atoms. The van der Waals surface area contributed by atoms with Crippen LogP contribution in [0.25, 0.3) is 10.9 Å². The van der Waals surface area contributed by atoms with Gasteiger partial charge in [-0.15, -0.1) is 0 Å². The lowest BCUT2D eigenvalue weighted by Crippen LogP contribution is -2.36. The Morgan fingerprint density at radius 1 is 1.09 bits per heavy atom. The van der Waals surface area contributed by atoms with Crippen LogP contribution in [0.1, 0.15) is 18.4 Å². The fourth-order valence-corrected chi connectivity index (χ4v) is 4.84. The molecule has 0 unspecified atom stereocenters. The molecule has 3 aromatic rings. The van der Waals surface area contributed by atoms with E-state index in [2.05, 4.69) is 10.3 Å². The standard InChI is InChI=1S/C23H19F3N4O2S/c1-27-18-4-2-3-17-14(9-12-28-19(17)18)13-29-21(32)30(20(31)22(29)10-11-22)15-5-7-16(8-6-15)33-23(24,25)26/h2-9,12,27H,10-11,13H2,1H3. The molecule has 2 aliphatic rings. The minimum absolute atomic E-state index is 0.00747. The van der Waals surface area contributed by atoms with Crippen molar-refractivity contribution in [1.29, 1.82) is 0 Å². The quantitative estimate of drug-likeness (QED) is 0.399. The van der Waals surface area contributed by atoms with Gasteiger partial charge in [-0.05, 0) is 66.6 Å². The number of imide groups is 1. The number of halogens is 3. The summed E-state index contributed by atoms with van der Waals surface area (Å²) in [5.41, 5.74) is -2.54. The Morgan fingerprint density at radius 3 is 2.45 bits per heavy atom. The molecule has 5 rings (SSSR count). The van der Waals surface area contributed by atoms with E-state index < -0.39 is 17.1 Å². The molecule has 0 bridgehead atoms. The summed E-state index contributed by atoms with van der Waals surface area (Å²) in [5.74, 6) is -0.335. The van der Waals surface area contributed by atoms with Gasteiger partial charge in [0.2, 0.25) is 0 Å². The highest BCUT2D eigenvalue weighted by molar-refractivity contribution is 8.00. The number of alkyl halides is 3. The molecule has 0 atom stereocenters. The molecule has 1 aliphatic heterocycles. The molecule has 1 aliphatic carbocycles. The molecule has 0 radical (unpaired) electrons. The van der Waals surface area contributed by atoms with E-state index in [1.807, 2.05) is 24.3 Å². The highest BCUT2D eigenvalue weighted by Crippen LogP contribution is 2.50. The lowest BCUT2D eigenvalue weighted by Gasteiger charge is -2.22. The summed E-state index contributed by atoms with van der Waals surface area (Å²) in [6.45, 7) is 0.231. The van der Waals surface area contributed by atoms with Crippen LogP contribution >= 0.6 is 11.8 Å². The van der Waals surface area contributed by atoms with E-state index in [9.17, 15) is 22.8 Å². The van der Waals surface area contributed by atoms with Gasteiger partial charge >= 0.3 is 11.5 Å². The number of nitrogens with zero attached hydrogens (tertiary/aromatic N) is 3. The summed E-state index contributed by atoms with van der Waals surface area (Å²) in [7, 11) is 1.81. The van der Waals surface area contributed by atoms with E-state index in [1.54, 1.807) is 18.1 Å². The average molecular weight is 472 g/mol. The van der Waals surface area contributed by atoms with Crippen molar-refractivity contribution in [1.82, 2.24) is 9.88 Å². The van der Waals surface area contributed by atoms with Crippen LogP contribution in [0.4, 0.5) is 29.3 Å². The molecule has 2 fully saturated rings. The predicted molar refractivity (Wildman–Crippen MR) is 120 cm³/mol. The lowest BCUT2D eigenvalue weighted by molar-refractivity contribution is -0.120. The average Bonchev–Trinajstić information content (AvgIpc) is 3.55. The molecule has 2 heterocycles. The first kappa shape index (κ1) is 21.6. The second kappa shape index (κ2) is 7.65. The molecule has 6 nitrogen and oxygen atoms in total. The molecule has 3 amide bonds. The zero-order chi connectivity index (χ0) is 23.4. The van der Waals surface area contributed by atoms with Gasteiger partial charge in [0.15, 0.2) is 0 Å². The van der Waals surface area contributed by atoms with Crippen molar-refractivity contribution >= 4 is 46.0 Å². The van der Waals surface area contributed by atoms with Crippen molar-refractivity contribution in [3.05, 3.63) is 60.3 Å². The van der Waals surface area contributed by atoms with Gasteiger partial charge in [-0.1, -0.05) is 12.1 Å². The second-order valence-electron chi connectivity index (χ2n) is 8.00. The SMILES string of the molecule is CNc1cccc2c(CN3C(=O)N(c4ccc(SC(F)(F)F)cc4)C(=O)C34CC4)ccnc12. The predicted octanol–water partition coefficient (Wildman–Crippen LogP) is 5.39. The maximum atomic E-state index is 13.4. The molecule has 1 saturated carbocycles. The number of rotatable bonds is 5. The maximum Gasteiger partial charge on any atom is 0.446 e. The Balaban J connectivity index is 1.46. The van der Waals surface area contributed by atoms with E-state index >= 15 is 0 Å². The van der Waals surface area contributed by atoms with Gasteiger partial charge in [-0.25, -0.2) is 9.69 Å². The van der Waals surface area contributed by atoms with Crippen LogP contribution in [-0.4, -0.2) is 39.9 Å². The van der Waals surface area contributed by atoms with Crippen LogP contribution in [0.15, 0.2) is 59.6 Å². The number of thioether (sulfide) groups is 1. The highest BCUT2D eigenvalue weighted by atomic mass is 32.2. The first-order valence-electron chi connectivity index (χ1n) is 10.3. The monoisotopic (exact) mass is 472 g/mol. The van der Waals surface area contributed by atoms with E-state index in [1.165, 1.54) is 24.3 Å². The molecule has 1 saturated heterocycles. The first-order valence-corrected chi connectivity index (χ1v) is 11.1. The summed E-state index contributed by atoms with van der Waals surface area (Å²) in [6, 6.07) is 12.4. The van der Waals surface area contributed by atoms with Crippen LogP contribution in [0.3, 0.4) is 0 Å². The number of pyridine rings is 1. The first-order chi connectivity index (χ1) is 15.7. The number of aromatic nitrogens is 1. The van der Waals surface area contributed by atoms with Gasteiger partial charge < -0.3 is 10.2 Å². The molecule has 2 aromatic carbocycles. The summed E-state index contributed by atoms with van der Waals surface area (Å²) in [6.07, 6.45) is 2.79. The number of benzene rings is 2. The topological polar surface area (TPSA) is 65.5 Å². The molecular weight excluding hydrogens is 453 g/mol. The van der Waals surface area contributed by atoms with E-state index in [-0.39, 0.29) is 34.8 Å². The number of hydrogen-bond donors (Lipinski definition) is 1. The second-order valence-corrected chi connectivity index (χ2v) is 9.14. The molecular formula is C23H19F3N4O2S. The number of carbonyl (C=O) groups is 2. The van der Waals surface area contributed by atoms with Crippen LogP contribution in [0, 0.1) is 0 Å². The maximum absolute atomic E-state index is 13.4. The Labute approximate surface area is 191 Å².